The van der Waals surface area contributed by atoms with Crippen LogP contribution in [-0.2, 0) is 11.3 Å². The number of fused-ring (bicyclic) bond motifs is 1. The molecule has 7 heteroatoms. The average molecular weight is 386 g/mol. The zero-order valence-electron chi connectivity index (χ0n) is 17.1. The maximum Gasteiger partial charge on any atom is 0.227 e. The van der Waals surface area contributed by atoms with Crippen LogP contribution < -0.4 is 14.4 Å². The Morgan fingerprint density at radius 1 is 1.00 bits per heavy atom. The van der Waals surface area contributed by atoms with Crippen LogP contribution in [0.2, 0.25) is 0 Å². The molecule has 0 N–H and O–H groups in total. The second-order valence-corrected chi connectivity index (χ2v) is 7.72. The minimum absolute atomic E-state index is 0.602. The van der Waals surface area contributed by atoms with Crippen molar-refractivity contribution in [3.63, 3.8) is 0 Å². The molecule has 1 aliphatic heterocycles. The van der Waals surface area contributed by atoms with E-state index in [1.807, 2.05) is 18.2 Å². The van der Waals surface area contributed by atoms with E-state index in [0.29, 0.717) is 24.7 Å². The molecule has 4 rings (SSSR count). The van der Waals surface area contributed by atoms with Crippen molar-refractivity contribution in [1.82, 2.24) is 14.8 Å². The fourth-order valence-corrected chi connectivity index (χ4v) is 4.75. The summed E-state index contributed by atoms with van der Waals surface area (Å²) < 4.78 is 18.6. The number of anilines is 1. The number of ether oxygens (including phenoxy) is 3. The highest BCUT2D eigenvalue weighted by Crippen LogP contribution is 2.40. The largest absolute Gasteiger partial charge is 0.493 e. The van der Waals surface area contributed by atoms with E-state index in [-0.39, 0.29) is 0 Å². The van der Waals surface area contributed by atoms with Gasteiger partial charge in [-0.3, -0.25) is 4.57 Å². The molecule has 1 aromatic heterocycles. The van der Waals surface area contributed by atoms with Crippen LogP contribution in [0.1, 0.15) is 25.7 Å². The molecule has 2 heterocycles. The third-order valence-electron chi connectivity index (χ3n) is 6.15. The summed E-state index contributed by atoms with van der Waals surface area (Å²) in [6.07, 6.45) is 5.39. The Labute approximate surface area is 166 Å². The van der Waals surface area contributed by atoms with Crippen molar-refractivity contribution in [3.8, 4) is 22.9 Å². The number of hydrogen-bond acceptors (Lipinski definition) is 6. The summed E-state index contributed by atoms with van der Waals surface area (Å²) >= 11 is 0. The Balaban J connectivity index is 1.71. The van der Waals surface area contributed by atoms with E-state index >= 15 is 0 Å². The lowest BCUT2D eigenvalue weighted by Gasteiger charge is -2.22. The lowest BCUT2D eigenvalue weighted by molar-refractivity contribution is 0.188. The van der Waals surface area contributed by atoms with Gasteiger partial charge < -0.3 is 19.1 Å². The van der Waals surface area contributed by atoms with Gasteiger partial charge in [0, 0.05) is 20.2 Å². The van der Waals surface area contributed by atoms with Gasteiger partial charge in [-0.1, -0.05) is 18.9 Å². The number of benzene rings is 1. The zero-order valence-corrected chi connectivity index (χ0v) is 17.1. The van der Waals surface area contributed by atoms with Gasteiger partial charge in [0.05, 0.1) is 32.9 Å². The van der Waals surface area contributed by atoms with Crippen molar-refractivity contribution in [2.45, 2.75) is 32.2 Å². The van der Waals surface area contributed by atoms with Crippen LogP contribution in [0.4, 0.5) is 5.95 Å². The van der Waals surface area contributed by atoms with Gasteiger partial charge in [0.2, 0.25) is 5.95 Å². The summed E-state index contributed by atoms with van der Waals surface area (Å²) in [6, 6.07) is 5.85. The van der Waals surface area contributed by atoms with Crippen LogP contribution in [0.15, 0.2) is 18.2 Å². The molecule has 152 valence electrons. The van der Waals surface area contributed by atoms with Crippen molar-refractivity contribution < 1.29 is 14.2 Å². The van der Waals surface area contributed by atoms with E-state index in [1.165, 1.54) is 25.7 Å². The number of aromatic nitrogens is 3. The first-order chi connectivity index (χ1) is 13.8. The van der Waals surface area contributed by atoms with Gasteiger partial charge in [0.15, 0.2) is 17.3 Å². The summed E-state index contributed by atoms with van der Waals surface area (Å²) in [5.74, 6) is 4.67. The first-order valence-corrected chi connectivity index (χ1v) is 10.1. The smallest absolute Gasteiger partial charge is 0.227 e. The zero-order chi connectivity index (χ0) is 19.5. The quantitative estimate of drug-likeness (QED) is 0.728. The molecule has 0 amide bonds. The highest BCUT2D eigenvalue weighted by atomic mass is 16.5. The van der Waals surface area contributed by atoms with E-state index in [9.17, 15) is 0 Å². The van der Waals surface area contributed by atoms with Crippen LogP contribution in [0.3, 0.4) is 0 Å². The topological polar surface area (TPSA) is 61.6 Å². The first kappa shape index (κ1) is 19.1. The molecule has 0 radical (unpaired) electrons. The van der Waals surface area contributed by atoms with Crippen molar-refractivity contribution in [2.24, 2.45) is 11.8 Å². The van der Waals surface area contributed by atoms with Crippen LogP contribution in [0, 0.1) is 11.8 Å². The maximum absolute atomic E-state index is 5.64. The molecule has 1 saturated carbocycles. The molecule has 0 spiro atoms. The van der Waals surface area contributed by atoms with E-state index in [1.54, 1.807) is 21.3 Å². The normalized spacial score (nSPS) is 21.6. The fourth-order valence-electron chi connectivity index (χ4n) is 4.75. The maximum atomic E-state index is 5.64. The molecule has 28 heavy (non-hydrogen) atoms. The summed E-state index contributed by atoms with van der Waals surface area (Å²) in [6.45, 7) is 3.45. The summed E-state index contributed by atoms with van der Waals surface area (Å²) in [5, 5.41) is 9.17. The first-order valence-electron chi connectivity index (χ1n) is 10.1. The molecule has 0 bridgehead atoms. The van der Waals surface area contributed by atoms with Crippen LogP contribution in [-0.4, -0.2) is 55.8 Å². The standard InChI is InChI=1S/C21H30N4O3/c1-26-12-11-25-20(17-9-6-10-18(27-2)19(17)28-3)22-23-21(25)24-13-15-7-4-5-8-16(15)14-24/h6,9-10,15-16H,4-5,7-8,11-14H2,1-3H3. The molecule has 2 fully saturated rings. The van der Waals surface area contributed by atoms with Gasteiger partial charge in [0.25, 0.3) is 0 Å². The van der Waals surface area contributed by atoms with Gasteiger partial charge >= 0.3 is 0 Å². The van der Waals surface area contributed by atoms with Crippen molar-refractivity contribution in [2.75, 3.05) is 45.9 Å². The molecular weight excluding hydrogens is 356 g/mol. The number of para-hydroxylation sites is 1. The molecule has 7 nitrogen and oxygen atoms in total. The summed E-state index contributed by atoms with van der Waals surface area (Å²) in [4.78, 5) is 2.42. The van der Waals surface area contributed by atoms with Crippen molar-refractivity contribution >= 4 is 5.95 Å². The minimum atomic E-state index is 0.602. The van der Waals surface area contributed by atoms with Gasteiger partial charge in [-0.25, -0.2) is 0 Å². The van der Waals surface area contributed by atoms with Crippen LogP contribution in [0.25, 0.3) is 11.4 Å². The Kier molecular flexibility index (Phi) is 5.71. The average Bonchev–Trinajstić information content (AvgIpc) is 3.35. The van der Waals surface area contributed by atoms with Gasteiger partial charge in [-0.05, 0) is 36.8 Å². The Morgan fingerprint density at radius 2 is 1.75 bits per heavy atom. The lowest BCUT2D eigenvalue weighted by Crippen LogP contribution is -2.25. The third kappa shape index (κ3) is 3.43. The monoisotopic (exact) mass is 386 g/mol. The summed E-state index contributed by atoms with van der Waals surface area (Å²) in [5.41, 5.74) is 0.883. The molecule has 2 unspecified atom stereocenters. The molecule has 1 aromatic carbocycles. The second-order valence-electron chi connectivity index (χ2n) is 7.72. The fraction of sp³-hybridized carbons (Fsp3) is 0.619. The Hall–Kier alpha value is -2.28. The number of hydrogen-bond donors (Lipinski definition) is 0. The Bertz CT molecular complexity index is 793. The van der Waals surface area contributed by atoms with Gasteiger partial charge in [0.1, 0.15) is 0 Å². The number of nitrogens with zero attached hydrogens (tertiary/aromatic N) is 4. The summed E-state index contributed by atoms with van der Waals surface area (Å²) in [7, 11) is 5.03. The van der Waals surface area contributed by atoms with E-state index in [4.69, 9.17) is 14.2 Å². The van der Waals surface area contributed by atoms with E-state index in [0.717, 1.165) is 42.3 Å². The predicted molar refractivity (Wildman–Crippen MR) is 108 cm³/mol. The number of methoxy groups -OCH3 is 3. The molecule has 1 saturated heterocycles. The van der Waals surface area contributed by atoms with Gasteiger partial charge in [-0.2, -0.15) is 0 Å². The van der Waals surface area contributed by atoms with Crippen LogP contribution >= 0.6 is 0 Å². The highest BCUT2D eigenvalue weighted by molar-refractivity contribution is 5.70. The molecule has 1 aliphatic carbocycles. The molecule has 2 aliphatic rings. The number of rotatable bonds is 7. The van der Waals surface area contributed by atoms with Crippen molar-refractivity contribution in [1.29, 1.82) is 0 Å². The highest BCUT2D eigenvalue weighted by Gasteiger charge is 2.36. The molecule has 2 aromatic rings. The lowest BCUT2D eigenvalue weighted by atomic mass is 9.82. The third-order valence-corrected chi connectivity index (χ3v) is 6.15. The predicted octanol–water partition coefficient (Wildman–Crippen LogP) is 3.24. The Morgan fingerprint density at radius 3 is 2.39 bits per heavy atom. The van der Waals surface area contributed by atoms with E-state index in [2.05, 4.69) is 19.7 Å². The van der Waals surface area contributed by atoms with E-state index < -0.39 is 0 Å². The van der Waals surface area contributed by atoms with Crippen molar-refractivity contribution in [3.05, 3.63) is 18.2 Å². The second kappa shape index (κ2) is 8.39. The molecule has 2 atom stereocenters. The van der Waals surface area contributed by atoms with Crippen LogP contribution in [0.5, 0.6) is 11.5 Å². The molecular formula is C21H30N4O3. The van der Waals surface area contributed by atoms with Gasteiger partial charge in [-0.15, -0.1) is 10.2 Å². The minimum Gasteiger partial charge on any atom is -0.493 e. The SMILES string of the molecule is COCCn1c(-c2cccc(OC)c2OC)nnc1N1CC2CCCCC2C1.